The number of carbonyl (C=O) groups excluding carboxylic acids is 1. The Morgan fingerprint density at radius 2 is 1.69 bits per heavy atom. The Morgan fingerprint density at radius 3 is 2.31 bits per heavy atom. The lowest BCUT2D eigenvalue weighted by Crippen LogP contribution is -2.29. The maximum atomic E-state index is 12.6. The van der Waals surface area contributed by atoms with Crippen molar-refractivity contribution in [3.63, 3.8) is 0 Å². The predicted octanol–water partition coefficient (Wildman–Crippen LogP) is 7.83. The molecule has 0 aliphatic heterocycles. The Hall–Kier alpha value is -4.01. The largest absolute Gasteiger partial charge is 0.573 e. The molecule has 0 saturated heterocycles. The summed E-state index contributed by atoms with van der Waals surface area (Å²) < 4.78 is 44.0. The molecule has 1 fully saturated rings. The Labute approximate surface area is 225 Å². The Bertz CT molecular complexity index is 1490. The van der Waals surface area contributed by atoms with Crippen molar-refractivity contribution in [1.82, 2.24) is 9.55 Å². The lowest BCUT2D eigenvalue weighted by Gasteiger charge is -2.40. The fraction of sp³-hybridized carbons (Fsp3) is 0.333. The van der Waals surface area contributed by atoms with Crippen molar-refractivity contribution in [2.45, 2.75) is 52.4 Å². The first-order valence-corrected chi connectivity index (χ1v) is 12.9. The van der Waals surface area contributed by atoms with Crippen molar-refractivity contribution in [3.8, 4) is 16.9 Å². The third kappa shape index (κ3) is 6.02. The van der Waals surface area contributed by atoms with E-state index in [0.29, 0.717) is 23.1 Å². The molecule has 39 heavy (non-hydrogen) atoms. The second kappa shape index (κ2) is 9.94. The number of benzene rings is 3. The van der Waals surface area contributed by atoms with Crippen molar-refractivity contribution >= 4 is 28.6 Å². The molecule has 0 radical (unpaired) electrons. The first kappa shape index (κ1) is 26.6. The monoisotopic (exact) mass is 536 g/mol. The van der Waals surface area contributed by atoms with Crippen LogP contribution < -0.4 is 15.8 Å². The third-order valence-corrected chi connectivity index (χ3v) is 7.27. The van der Waals surface area contributed by atoms with E-state index in [2.05, 4.69) is 41.5 Å². The van der Waals surface area contributed by atoms with E-state index in [1.54, 1.807) is 24.3 Å². The van der Waals surface area contributed by atoms with E-state index in [4.69, 9.17) is 10.7 Å². The molecular weight excluding hydrogens is 505 g/mol. The number of nitrogens with zero attached hydrogens (tertiary/aromatic N) is 2. The normalized spacial score (nSPS) is 19.1. The van der Waals surface area contributed by atoms with Gasteiger partial charge in [0, 0.05) is 17.3 Å². The number of aromatic nitrogens is 2. The number of rotatable bonds is 6. The van der Waals surface area contributed by atoms with E-state index >= 15 is 0 Å². The highest BCUT2D eigenvalue weighted by Gasteiger charge is 2.35. The Morgan fingerprint density at radius 1 is 1.03 bits per heavy atom. The van der Waals surface area contributed by atoms with Crippen LogP contribution >= 0.6 is 0 Å². The zero-order chi connectivity index (χ0) is 27.9. The lowest BCUT2D eigenvalue weighted by molar-refractivity contribution is -0.274. The third-order valence-electron chi connectivity index (χ3n) is 7.27. The number of carbonyl (C=O) groups is 1. The van der Waals surface area contributed by atoms with Crippen LogP contribution in [0.15, 0.2) is 66.7 Å². The molecule has 3 aromatic carbocycles. The van der Waals surface area contributed by atoms with Gasteiger partial charge in [-0.2, -0.15) is 0 Å². The standard InChI is InChI=1S/C30H31F3N4O2/c1-18-14-23(17-29(2,3)16-18)37-26-13-8-21(19-4-6-20(7-5-19)27(34)38)15-25(26)36-28(37)35-22-9-11-24(12-10-22)39-30(31,32)33/h4-13,15,18,23H,14,16-17H2,1-3H3,(H2,34,38)(H,35,36)/t18-,23+/m1/s1. The van der Waals surface area contributed by atoms with Gasteiger partial charge in [0.25, 0.3) is 0 Å². The molecular formula is C30H31F3N4O2. The smallest absolute Gasteiger partial charge is 0.406 e. The van der Waals surface area contributed by atoms with Crippen LogP contribution in [-0.4, -0.2) is 21.8 Å². The number of hydrogen-bond donors (Lipinski definition) is 2. The molecule has 5 rings (SSSR count). The summed E-state index contributed by atoms with van der Waals surface area (Å²) in [4.78, 5) is 16.4. The second-order valence-electron chi connectivity index (χ2n) is 11.2. The Kier molecular flexibility index (Phi) is 6.78. The van der Waals surface area contributed by atoms with E-state index in [1.807, 2.05) is 24.3 Å². The number of halogens is 3. The zero-order valence-electron chi connectivity index (χ0n) is 22.0. The van der Waals surface area contributed by atoms with Crippen molar-refractivity contribution in [3.05, 3.63) is 72.3 Å². The SMILES string of the molecule is C[C@@H]1C[C@H](n2c(Nc3ccc(OC(F)(F)F)cc3)nc3cc(-c4ccc(C(N)=O)cc4)ccc32)CC(C)(C)C1. The molecule has 0 bridgehead atoms. The van der Waals surface area contributed by atoms with Crippen LogP contribution in [0, 0.1) is 11.3 Å². The zero-order valence-corrected chi connectivity index (χ0v) is 22.0. The number of amides is 1. The molecule has 1 saturated carbocycles. The van der Waals surface area contributed by atoms with Crippen LogP contribution in [0.5, 0.6) is 5.75 Å². The number of fused-ring (bicyclic) bond motifs is 1. The van der Waals surface area contributed by atoms with Gasteiger partial charge in [0.15, 0.2) is 0 Å². The van der Waals surface area contributed by atoms with E-state index in [0.717, 1.165) is 41.4 Å². The maximum absolute atomic E-state index is 12.6. The van der Waals surface area contributed by atoms with Gasteiger partial charge in [0.1, 0.15) is 5.75 Å². The number of nitrogens with one attached hydrogen (secondary N) is 1. The average molecular weight is 537 g/mol. The number of ether oxygens (including phenoxy) is 1. The molecule has 2 atom stereocenters. The van der Waals surface area contributed by atoms with Gasteiger partial charge < -0.3 is 20.4 Å². The molecule has 4 aromatic rings. The van der Waals surface area contributed by atoms with Crippen LogP contribution in [0.2, 0.25) is 0 Å². The quantitative estimate of drug-likeness (QED) is 0.263. The van der Waals surface area contributed by atoms with Gasteiger partial charge in [-0.3, -0.25) is 4.79 Å². The lowest BCUT2D eigenvalue weighted by atomic mass is 9.70. The molecule has 0 unspecified atom stereocenters. The first-order valence-electron chi connectivity index (χ1n) is 12.9. The van der Waals surface area contributed by atoms with Crippen molar-refractivity contribution < 1.29 is 22.7 Å². The fourth-order valence-corrected chi connectivity index (χ4v) is 5.92. The van der Waals surface area contributed by atoms with E-state index in [-0.39, 0.29) is 17.2 Å². The van der Waals surface area contributed by atoms with Crippen molar-refractivity contribution in [2.75, 3.05) is 5.32 Å². The number of nitrogens with two attached hydrogens (primary N) is 1. The number of imidazole rings is 1. The van der Waals surface area contributed by atoms with Gasteiger partial charge in [-0.1, -0.05) is 39.0 Å². The molecule has 1 aromatic heterocycles. The number of anilines is 2. The minimum atomic E-state index is -4.74. The number of primary amides is 1. The number of alkyl halides is 3. The van der Waals surface area contributed by atoms with Crippen LogP contribution in [-0.2, 0) is 0 Å². The molecule has 6 nitrogen and oxygen atoms in total. The summed E-state index contributed by atoms with van der Waals surface area (Å²) in [6.45, 7) is 6.84. The summed E-state index contributed by atoms with van der Waals surface area (Å²) >= 11 is 0. The summed E-state index contributed by atoms with van der Waals surface area (Å²) in [5.41, 5.74) is 10.2. The molecule has 1 aliphatic carbocycles. The van der Waals surface area contributed by atoms with E-state index in [9.17, 15) is 18.0 Å². The minimum absolute atomic E-state index is 0.162. The summed E-state index contributed by atoms with van der Waals surface area (Å²) in [6, 6.07) is 19.1. The maximum Gasteiger partial charge on any atom is 0.573 e. The second-order valence-corrected chi connectivity index (χ2v) is 11.2. The van der Waals surface area contributed by atoms with Crippen LogP contribution in [0.4, 0.5) is 24.8 Å². The van der Waals surface area contributed by atoms with Gasteiger partial charge >= 0.3 is 6.36 Å². The predicted molar refractivity (Wildman–Crippen MR) is 146 cm³/mol. The molecule has 3 N–H and O–H groups in total. The number of hydrogen-bond acceptors (Lipinski definition) is 4. The van der Waals surface area contributed by atoms with Gasteiger partial charge in [-0.15, -0.1) is 13.2 Å². The molecule has 9 heteroatoms. The molecule has 1 amide bonds. The van der Waals surface area contributed by atoms with Gasteiger partial charge in [0.05, 0.1) is 11.0 Å². The fourth-order valence-electron chi connectivity index (χ4n) is 5.92. The summed E-state index contributed by atoms with van der Waals surface area (Å²) in [6.07, 6.45) is -1.62. The van der Waals surface area contributed by atoms with Gasteiger partial charge in [-0.25, -0.2) is 4.98 Å². The molecule has 1 heterocycles. The van der Waals surface area contributed by atoms with Crippen LogP contribution in [0.3, 0.4) is 0 Å². The molecule has 0 spiro atoms. The topological polar surface area (TPSA) is 82.2 Å². The van der Waals surface area contributed by atoms with E-state index in [1.165, 1.54) is 12.1 Å². The molecule has 204 valence electrons. The summed E-state index contributed by atoms with van der Waals surface area (Å²) in [7, 11) is 0. The highest BCUT2D eigenvalue weighted by Crippen LogP contribution is 2.46. The summed E-state index contributed by atoms with van der Waals surface area (Å²) in [5, 5.41) is 3.33. The molecule has 1 aliphatic rings. The highest BCUT2D eigenvalue weighted by molar-refractivity contribution is 5.93. The van der Waals surface area contributed by atoms with Crippen molar-refractivity contribution in [1.29, 1.82) is 0 Å². The minimum Gasteiger partial charge on any atom is -0.406 e. The highest BCUT2D eigenvalue weighted by atomic mass is 19.4. The van der Waals surface area contributed by atoms with Crippen molar-refractivity contribution in [2.24, 2.45) is 17.1 Å². The van der Waals surface area contributed by atoms with Crippen LogP contribution in [0.1, 0.15) is 56.4 Å². The van der Waals surface area contributed by atoms with Gasteiger partial charge in [0.2, 0.25) is 11.9 Å². The van der Waals surface area contributed by atoms with E-state index < -0.39 is 12.3 Å². The average Bonchev–Trinajstić information content (AvgIpc) is 3.20. The van der Waals surface area contributed by atoms with Gasteiger partial charge in [-0.05, 0) is 90.3 Å². The van der Waals surface area contributed by atoms with Crippen LogP contribution in [0.25, 0.3) is 22.2 Å². The summed E-state index contributed by atoms with van der Waals surface area (Å²) in [5.74, 6) is 0.405. The first-order chi connectivity index (χ1) is 18.4. The Balaban J connectivity index is 1.54.